The summed E-state index contributed by atoms with van der Waals surface area (Å²) >= 11 is 0. The molecule has 1 rings (SSSR count). The molecule has 0 aromatic carbocycles. The summed E-state index contributed by atoms with van der Waals surface area (Å²) in [6.45, 7) is 5.88. The van der Waals surface area contributed by atoms with E-state index in [0.29, 0.717) is 6.04 Å². The normalized spacial score (nSPS) is 33.0. The van der Waals surface area contributed by atoms with Gasteiger partial charge in [-0.3, -0.25) is 0 Å². The van der Waals surface area contributed by atoms with E-state index in [1.807, 2.05) is 0 Å². The first-order valence-electron chi connectivity index (χ1n) is 2.67. The highest BCUT2D eigenvalue weighted by molar-refractivity contribution is 4.72. The van der Waals surface area contributed by atoms with E-state index in [2.05, 4.69) is 17.6 Å². The Bertz CT molecular complexity index is 48.0. The van der Waals surface area contributed by atoms with E-state index in [1.54, 1.807) is 0 Å². The van der Waals surface area contributed by atoms with Gasteiger partial charge in [0.1, 0.15) is 0 Å². The van der Waals surface area contributed by atoms with Gasteiger partial charge in [0.05, 0.1) is 0 Å². The largest absolute Gasteiger partial charge is 0.304 e. The fourth-order valence-electron chi connectivity index (χ4n) is 0.683. The Morgan fingerprint density at radius 2 is 2.43 bits per heavy atom. The minimum Gasteiger partial charge on any atom is -0.304 e. The minimum atomic E-state index is 0.473. The molecule has 41 valence electrons. The molecule has 0 aromatic heterocycles. The van der Waals surface area contributed by atoms with E-state index in [9.17, 15) is 0 Å². The lowest BCUT2D eigenvalue weighted by Gasteiger charge is -2.19. The van der Waals surface area contributed by atoms with E-state index in [0.717, 1.165) is 19.6 Å². The lowest BCUT2D eigenvalue weighted by atomic mass is 10.2. The van der Waals surface area contributed by atoms with Crippen LogP contribution in [0.1, 0.15) is 6.42 Å². The molecule has 1 aliphatic rings. The zero-order chi connectivity index (χ0) is 5.11. The minimum absolute atomic E-state index is 0.473. The molecule has 0 spiro atoms. The molecule has 1 atom stereocenters. The highest BCUT2D eigenvalue weighted by Gasteiger charge is 2.03. The summed E-state index contributed by atoms with van der Waals surface area (Å²) in [6.07, 6.45) is 1.15. The quantitative estimate of drug-likeness (QED) is 0.437. The van der Waals surface area contributed by atoms with Gasteiger partial charge in [-0.15, -0.1) is 0 Å². The summed E-state index contributed by atoms with van der Waals surface area (Å²) in [5.41, 5.74) is 0. The molecule has 1 saturated heterocycles. The molecule has 0 amide bonds. The summed E-state index contributed by atoms with van der Waals surface area (Å²) in [6, 6.07) is 0.473. The van der Waals surface area contributed by atoms with Gasteiger partial charge >= 0.3 is 0 Å². The molecule has 1 unspecified atom stereocenters. The van der Waals surface area contributed by atoms with Gasteiger partial charge in [-0.2, -0.15) is 0 Å². The average Bonchev–Trinajstić information content (AvgIpc) is 1.69. The Morgan fingerprint density at radius 3 is 2.71 bits per heavy atom. The van der Waals surface area contributed by atoms with Crippen molar-refractivity contribution in [1.29, 1.82) is 0 Å². The van der Waals surface area contributed by atoms with Crippen molar-refractivity contribution in [3.63, 3.8) is 0 Å². The highest BCUT2D eigenvalue weighted by Crippen LogP contribution is 1.89. The predicted octanol–water partition coefficient (Wildman–Crippen LogP) is -0.271. The SMILES string of the molecule is [CH2]C1CCNCN1. The summed E-state index contributed by atoms with van der Waals surface area (Å²) < 4.78 is 0. The molecule has 7 heavy (non-hydrogen) atoms. The van der Waals surface area contributed by atoms with Crippen molar-refractivity contribution in [3.8, 4) is 0 Å². The van der Waals surface area contributed by atoms with Crippen molar-refractivity contribution in [2.75, 3.05) is 13.2 Å². The third kappa shape index (κ3) is 1.45. The fraction of sp³-hybridized carbons (Fsp3) is 0.800. The van der Waals surface area contributed by atoms with Crippen LogP contribution in [0.4, 0.5) is 0 Å². The van der Waals surface area contributed by atoms with Crippen molar-refractivity contribution < 1.29 is 0 Å². The molecule has 0 aliphatic carbocycles. The molecule has 1 aliphatic heterocycles. The van der Waals surface area contributed by atoms with Gasteiger partial charge in [0.2, 0.25) is 0 Å². The van der Waals surface area contributed by atoms with Gasteiger partial charge in [0, 0.05) is 12.7 Å². The Hall–Kier alpha value is -0.0800. The second-order valence-electron chi connectivity index (χ2n) is 1.87. The van der Waals surface area contributed by atoms with E-state index >= 15 is 0 Å². The predicted molar refractivity (Wildman–Crippen MR) is 29.8 cm³/mol. The van der Waals surface area contributed by atoms with E-state index in [1.165, 1.54) is 0 Å². The molecule has 2 heteroatoms. The molecule has 0 aromatic rings. The van der Waals surface area contributed by atoms with Gasteiger partial charge in [0.15, 0.2) is 0 Å². The third-order valence-corrected chi connectivity index (χ3v) is 1.19. The molecule has 0 saturated carbocycles. The number of hydrogen-bond acceptors (Lipinski definition) is 2. The highest BCUT2D eigenvalue weighted by atomic mass is 15.1. The monoisotopic (exact) mass is 99.1 g/mol. The van der Waals surface area contributed by atoms with Gasteiger partial charge < -0.3 is 10.6 Å². The molecular weight excluding hydrogens is 88.1 g/mol. The first kappa shape index (κ1) is 5.06. The average molecular weight is 99.2 g/mol. The van der Waals surface area contributed by atoms with E-state index in [-0.39, 0.29) is 0 Å². The zero-order valence-electron chi connectivity index (χ0n) is 4.41. The summed E-state index contributed by atoms with van der Waals surface area (Å²) in [7, 11) is 0. The van der Waals surface area contributed by atoms with Gasteiger partial charge in [-0.1, -0.05) is 0 Å². The third-order valence-electron chi connectivity index (χ3n) is 1.19. The lowest BCUT2D eigenvalue weighted by Crippen LogP contribution is -2.43. The Labute approximate surface area is 44.3 Å². The van der Waals surface area contributed by atoms with Crippen LogP contribution in [0.3, 0.4) is 0 Å². The maximum atomic E-state index is 3.85. The van der Waals surface area contributed by atoms with Crippen LogP contribution >= 0.6 is 0 Å². The van der Waals surface area contributed by atoms with E-state index < -0.39 is 0 Å². The van der Waals surface area contributed by atoms with Crippen molar-refractivity contribution in [3.05, 3.63) is 6.92 Å². The van der Waals surface area contributed by atoms with Crippen LogP contribution in [0.2, 0.25) is 0 Å². The van der Waals surface area contributed by atoms with Crippen molar-refractivity contribution in [2.24, 2.45) is 0 Å². The molecule has 1 radical (unpaired) electrons. The summed E-state index contributed by atoms with van der Waals surface area (Å²) in [5, 5.41) is 6.32. The standard InChI is InChI=1S/C5H11N2/c1-5-2-3-6-4-7-5/h5-7H,1-4H2. The topological polar surface area (TPSA) is 24.1 Å². The molecule has 2 nitrogen and oxygen atoms in total. The molecule has 2 N–H and O–H groups in total. The summed E-state index contributed by atoms with van der Waals surface area (Å²) in [4.78, 5) is 0. The first-order chi connectivity index (χ1) is 3.39. The van der Waals surface area contributed by atoms with Crippen molar-refractivity contribution >= 4 is 0 Å². The van der Waals surface area contributed by atoms with Crippen molar-refractivity contribution in [1.82, 2.24) is 10.6 Å². The maximum absolute atomic E-state index is 3.85. The molecule has 1 fully saturated rings. The second kappa shape index (κ2) is 2.28. The smallest absolute Gasteiger partial charge is 0.0456 e. The number of nitrogens with one attached hydrogen (secondary N) is 2. The van der Waals surface area contributed by atoms with Crippen molar-refractivity contribution in [2.45, 2.75) is 12.5 Å². The molecular formula is C5H11N2. The summed E-state index contributed by atoms with van der Waals surface area (Å²) in [5.74, 6) is 0. The molecule has 1 heterocycles. The lowest BCUT2D eigenvalue weighted by molar-refractivity contribution is 0.435. The van der Waals surface area contributed by atoms with Gasteiger partial charge in [-0.25, -0.2) is 0 Å². The van der Waals surface area contributed by atoms with E-state index in [4.69, 9.17) is 0 Å². The Morgan fingerprint density at radius 1 is 1.57 bits per heavy atom. The Kier molecular flexibility index (Phi) is 1.65. The van der Waals surface area contributed by atoms with Crippen LogP contribution < -0.4 is 10.6 Å². The van der Waals surface area contributed by atoms with Crippen LogP contribution in [0.15, 0.2) is 0 Å². The van der Waals surface area contributed by atoms with Crippen LogP contribution in [0.25, 0.3) is 0 Å². The Balaban J connectivity index is 2.12. The van der Waals surface area contributed by atoms with Gasteiger partial charge in [-0.05, 0) is 19.9 Å². The first-order valence-corrected chi connectivity index (χ1v) is 2.67. The number of hydrogen-bond donors (Lipinski definition) is 2. The molecule has 0 bridgehead atoms. The van der Waals surface area contributed by atoms with Crippen LogP contribution in [0.5, 0.6) is 0 Å². The zero-order valence-corrected chi connectivity index (χ0v) is 4.41. The number of rotatable bonds is 0. The second-order valence-corrected chi connectivity index (χ2v) is 1.87. The van der Waals surface area contributed by atoms with Crippen LogP contribution in [0, 0.1) is 6.92 Å². The van der Waals surface area contributed by atoms with Gasteiger partial charge in [0.25, 0.3) is 0 Å². The maximum Gasteiger partial charge on any atom is 0.0456 e. The van der Waals surface area contributed by atoms with Crippen LogP contribution in [-0.4, -0.2) is 19.3 Å². The van der Waals surface area contributed by atoms with Crippen LogP contribution in [-0.2, 0) is 0 Å². The fourth-order valence-corrected chi connectivity index (χ4v) is 0.683.